The molecule has 2 aromatic heterocycles. The van der Waals surface area contributed by atoms with Crippen molar-refractivity contribution in [3.05, 3.63) is 173 Å². The molecule has 2 heterocycles. The molecule has 3 aromatic carbocycles. The largest absolute Gasteiger partial charge is 0.134 e. The van der Waals surface area contributed by atoms with Gasteiger partial charge in [0.2, 0.25) is 0 Å². The van der Waals surface area contributed by atoms with Crippen LogP contribution in [0.3, 0.4) is 0 Å². The zero-order valence-electron chi connectivity index (χ0n) is 23.2. The van der Waals surface area contributed by atoms with Crippen LogP contribution in [0.25, 0.3) is 36.2 Å². The van der Waals surface area contributed by atoms with Crippen molar-refractivity contribution in [1.29, 1.82) is 0 Å². The van der Waals surface area contributed by atoms with Gasteiger partial charge in [0.15, 0.2) is 0 Å². The number of rotatable bonds is 5. The Kier molecular flexibility index (Phi) is 6.59. The molecular formula is C40H30S2. The van der Waals surface area contributed by atoms with Crippen LogP contribution in [-0.2, 0) is 0 Å². The lowest BCUT2D eigenvalue weighted by Crippen LogP contribution is -2.23. The summed E-state index contributed by atoms with van der Waals surface area (Å²) in [5, 5.41) is 0. The molecule has 0 fully saturated rings. The predicted octanol–water partition coefficient (Wildman–Crippen LogP) is 11.7. The lowest BCUT2D eigenvalue weighted by atomic mass is 9.66. The average molecular weight is 575 g/mol. The van der Waals surface area contributed by atoms with Crippen molar-refractivity contribution in [1.82, 2.24) is 0 Å². The Morgan fingerprint density at radius 3 is 2.10 bits per heavy atom. The Balaban J connectivity index is 1.18. The maximum Gasteiger partial charge on any atom is 0.0449 e. The highest BCUT2D eigenvalue weighted by atomic mass is 32.1. The third-order valence-electron chi connectivity index (χ3n) is 8.61. The van der Waals surface area contributed by atoms with Gasteiger partial charge >= 0.3 is 0 Å². The molecule has 202 valence electrons. The van der Waals surface area contributed by atoms with Gasteiger partial charge in [0, 0.05) is 31.3 Å². The van der Waals surface area contributed by atoms with E-state index in [1.54, 1.807) is 0 Å². The molecule has 0 spiro atoms. The molecule has 0 radical (unpaired) electrons. The second-order valence-corrected chi connectivity index (χ2v) is 13.3. The third kappa shape index (κ3) is 4.52. The van der Waals surface area contributed by atoms with Gasteiger partial charge in [0.05, 0.1) is 0 Å². The van der Waals surface area contributed by atoms with Gasteiger partial charge in [-0.2, -0.15) is 0 Å². The Morgan fingerprint density at radius 2 is 1.29 bits per heavy atom. The molecule has 0 saturated heterocycles. The van der Waals surface area contributed by atoms with E-state index in [4.69, 9.17) is 0 Å². The fraction of sp³-hybridized carbons (Fsp3) is 0.100. The Morgan fingerprint density at radius 1 is 0.571 bits per heavy atom. The van der Waals surface area contributed by atoms with Gasteiger partial charge in [0.25, 0.3) is 0 Å². The van der Waals surface area contributed by atoms with Crippen molar-refractivity contribution >= 4 is 28.2 Å². The predicted molar refractivity (Wildman–Crippen MR) is 182 cm³/mol. The van der Waals surface area contributed by atoms with Gasteiger partial charge in [-0.05, 0) is 87.7 Å². The van der Waals surface area contributed by atoms with E-state index in [-0.39, 0.29) is 0 Å². The van der Waals surface area contributed by atoms with Crippen LogP contribution in [0.1, 0.15) is 35.4 Å². The standard InChI is InChI=1S/C40H30S2/c1-3-12-27(13-4-1)35-22-24-37(41-35)38-25-23-36(42-38)29-16-11-17-30(26-29)40-33-20-9-7-18-31(33)39(28-14-5-2-6-15-28)32-19-8-10-21-34(32)40/h1,3-5,7-26,31,39H,2,6H2. The summed E-state index contributed by atoms with van der Waals surface area (Å²) in [5.41, 5.74) is 10.9. The van der Waals surface area contributed by atoms with Gasteiger partial charge in [-0.1, -0.05) is 115 Å². The fourth-order valence-electron chi connectivity index (χ4n) is 6.70. The van der Waals surface area contributed by atoms with Crippen LogP contribution in [0.4, 0.5) is 0 Å². The molecule has 0 saturated carbocycles. The van der Waals surface area contributed by atoms with E-state index in [0.29, 0.717) is 11.8 Å². The van der Waals surface area contributed by atoms with Crippen molar-refractivity contribution in [2.24, 2.45) is 5.92 Å². The summed E-state index contributed by atoms with van der Waals surface area (Å²) in [4.78, 5) is 5.27. The molecule has 42 heavy (non-hydrogen) atoms. The summed E-state index contributed by atoms with van der Waals surface area (Å²) in [5.74, 6) is 0.691. The number of benzene rings is 3. The average Bonchev–Trinajstić information content (AvgIpc) is 3.75. The topological polar surface area (TPSA) is 0 Å². The van der Waals surface area contributed by atoms with E-state index in [2.05, 4.69) is 146 Å². The minimum atomic E-state index is 0.337. The van der Waals surface area contributed by atoms with Gasteiger partial charge in [-0.3, -0.25) is 0 Å². The van der Waals surface area contributed by atoms with Crippen LogP contribution in [0.15, 0.2) is 157 Å². The Hall–Kier alpha value is -4.24. The van der Waals surface area contributed by atoms with E-state index in [0.717, 1.165) is 12.8 Å². The zero-order chi connectivity index (χ0) is 27.9. The van der Waals surface area contributed by atoms with Crippen LogP contribution in [0, 0.1) is 5.92 Å². The molecule has 2 atom stereocenters. The number of allylic oxidation sites excluding steroid dienone is 9. The van der Waals surface area contributed by atoms with E-state index < -0.39 is 0 Å². The van der Waals surface area contributed by atoms with E-state index in [1.807, 2.05) is 22.7 Å². The van der Waals surface area contributed by atoms with Crippen molar-refractivity contribution in [2.75, 3.05) is 0 Å². The van der Waals surface area contributed by atoms with Crippen LogP contribution in [-0.4, -0.2) is 0 Å². The molecule has 2 heteroatoms. The number of fused-ring (bicyclic) bond motifs is 2. The first-order chi connectivity index (χ1) is 20.8. The minimum absolute atomic E-state index is 0.337. The monoisotopic (exact) mass is 574 g/mol. The maximum absolute atomic E-state index is 2.46. The van der Waals surface area contributed by atoms with Crippen molar-refractivity contribution < 1.29 is 0 Å². The van der Waals surface area contributed by atoms with E-state index in [9.17, 15) is 0 Å². The molecule has 3 aliphatic carbocycles. The number of hydrogen-bond donors (Lipinski definition) is 0. The van der Waals surface area contributed by atoms with Crippen LogP contribution < -0.4 is 0 Å². The molecular weight excluding hydrogens is 545 g/mol. The van der Waals surface area contributed by atoms with Gasteiger partial charge < -0.3 is 0 Å². The normalized spacial score (nSPS) is 19.0. The second-order valence-electron chi connectivity index (χ2n) is 11.1. The first kappa shape index (κ1) is 25.5. The van der Waals surface area contributed by atoms with Gasteiger partial charge in [-0.15, -0.1) is 22.7 Å². The Labute approximate surface area is 256 Å². The first-order valence-corrected chi connectivity index (χ1v) is 16.4. The molecule has 0 bridgehead atoms. The molecule has 3 aliphatic rings. The molecule has 0 nitrogen and oxygen atoms in total. The quantitative estimate of drug-likeness (QED) is 0.196. The maximum atomic E-state index is 2.46. The lowest BCUT2D eigenvalue weighted by Gasteiger charge is -2.37. The zero-order valence-corrected chi connectivity index (χ0v) is 24.9. The molecule has 0 amide bonds. The summed E-state index contributed by atoms with van der Waals surface area (Å²) in [6, 6.07) is 38.0. The van der Waals surface area contributed by atoms with E-state index >= 15 is 0 Å². The molecule has 8 rings (SSSR count). The van der Waals surface area contributed by atoms with Gasteiger partial charge in [0.1, 0.15) is 0 Å². The number of thiophene rings is 2. The molecule has 5 aromatic rings. The van der Waals surface area contributed by atoms with Crippen molar-refractivity contribution in [3.8, 4) is 30.6 Å². The summed E-state index contributed by atoms with van der Waals surface area (Å²) >= 11 is 3.75. The van der Waals surface area contributed by atoms with Crippen LogP contribution in [0.5, 0.6) is 0 Å². The summed E-state index contributed by atoms with van der Waals surface area (Å²) < 4.78 is 0. The lowest BCUT2D eigenvalue weighted by molar-refractivity contribution is 0.642. The summed E-state index contributed by atoms with van der Waals surface area (Å²) in [7, 11) is 0. The minimum Gasteiger partial charge on any atom is -0.134 e. The third-order valence-corrected chi connectivity index (χ3v) is 11.1. The second kappa shape index (κ2) is 10.9. The van der Waals surface area contributed by atoms with Crippen molar-refractivity contribution in [2.45, 2.75) is 18.8 Å². The summed E-state index contributed by atoms with van der Waals surface area (Å²) in [6.07, 6.45) is 18.7. The smallest absolute Gasteiger partial charge is 0.0449 e. The summed E-state index contributed by atoms with van der Waals surface area (Å²) in [6.45, 7) is 0. The first-order valence-electron chi connectivity index (χ1n) is 14.7. The highest BCUT2D eigenvalue weighted by Gasteiger charge is 2.35. The van der Waals surface area contributed by atoms with Crippen LogP contribution in [0.2, 0.25) is 0 Å². The van der Waals surface area contributed by atoms with Crippen LogP contribution >= 0.6 is 22.7 Å². The SMILES string of the molecule is C1=CC2=C(c3cccc(-c4ccc(-c5ccc(-c6ccccc6)s5)s4)c3)c3ccccc3C(C3=CCCC=C3)C2C=C1. The highest BCUT2D eigenvalue weighted by molar-refractivity contribution is 7.25. The Bertz CT molecular complexity index is 1940. The highest BCUT2D eigenvalue weighted by Crippen LogP contribution is 2.51. The number of hydrogen-bond acceptors (Lipinski definition) is 2. The molecule has 0 N–H and O–H groups in total. The van der Waals surface area contributed by atoms with Gasteiger partial charge in [-0.25, -0.2) is 0 Å². The molecule has 0 aliphatic heterocycles. The fourth-order valence-corrected chi connectivity index (χ4v) is 8.80. The van der Waals surface area contributed by atoms with E-state index in [1.165, 1.54) is 64.0 Å². The molecule has 2 unspecified atom stereocenters. The van der Waals surface area contributed by atoms with Crippen molar-refractivity contribution in [3.63, 3.8) is 0 Å².